The Balaban J connectivity index is 1.41. The first-order valence-corrected chi connectivity index (χ1v) is 8.93. The van der Waals surface area contributed by atoms with E-state index in [0.29, 0.717) is 13.2 Å². The number of anilines is 1. The lowest BCUT2D eigenvalue weighted by Gasteiger charge is -2.05. The predicted molar refractivity (Wildman–Crippen MR) is 103 cm³/mol. The van der Waals surface area contributed by atoms with Crippen LogP contribution in [0.1, 0.15) is 0 Å². The third-order valence-electron chi connectivity index (χ3n) is 3.79. The van der Waals surface area contributed by atoms with Crippen molar-refractivity contribution in [1.82, 2.24) is 9.97 Å². The Labute approximate surface area is 150 Å². The molecule has 0 spiro atoms. The first-order valence-electron chi connectivity index (χ1n) is 8.11. The van der Waals surface area contributed by atoms with Crippen molar-refractivity contribution >= 4 is 26.7 Å². The molecule has 0 aliphatic carbocycles. The first kappa shape index (κ1) is 15.6. The number of rotatable bonds is 6. The molecule has 124 valence electrons. The maximum absolute atomic E-state index is 5.69. The number of ether oxygens (including phenoxy) is 1. The van der Waals surface area contributed by atoms with Crippen LogP contribution < -0.4 is 10.1 Å². The van der Waals surface area contributed by atoms with Gasteiger partial charge in [0.25, 0.3) is 0 Å². The number of pyridine rings is 1. The molecule has 5 heteroatoms. The summed E-state index contributed by atoms with van der Waals surface area (Å²) in [5.74, 6) is 0.885. The number of para-hydroxylation sites is 1. The summed E-state index contributed by atoms with van der Waals surface area (Å²) in [5.41, 5.74) is 3.35. The van der Waals surface area contributed by atoms with Gasteiger partial charge in [-0.3, -0.25) is 4.98 Å². The quantitative estimate of drug-likeness (QED) is 0.507. The van der Waals surface area contributed by atoms with Crippen molar-refractivity contribution in [2.45, 2.75) is 0 Å². The minimum Gasteiger partial charge on any atom is -0.492 e. The number of nitrogens with one attached hydrogen (secondary N) is 1. The fourth-order valence-electron chi connectivity index (χ4n) is 2.57. The van der Waals surface area contributed by atoms with Gasteiger partial charge in [0.1, 0.15) is 12.4 Å². The van der Waals surface area contributed by atoms with E-state index >= 15 is 0 Å². The minimum absolute atomic E-state index is 0.599. The molecule has 4 nitrogen and oxygen atoms in total. The zero-order valence-corrected chi connectivity index (χ0v) is 14.4. The molecule has 0 radical (unpaired) electrons. The summed E-state index contributed by atoms with van der Waals surface area (Å²) in [5, 5.41) is 4.25. The van der Waals surface area contributed by atoms with Crippen LogP contribution in [0.4, 0.5) is 5.13 Å². The lowest BCUT2D eigenvalue weighted by atomic mass is 10.1. The predicted octanol–water partition coefficient (Wildman–Crippen LogP) is 4.85. The summed E-state index contributed by atoms with van der Waals surface area (Å²) in [6, 6.07) is 20.2. The van der Waals surface area contributed by atoms with Gasteiger partial charge in [0, 0.05) is 12.4 Å². The standard InChI is InChI=1S/C20H17N3OS/c1-2-4-17(5-3-1)24-13-12-22-20-23-18-7-6-16(14-19(18)25-20)15-8-10-21-11-9-15/h1-11,14H,12-13H2,(H,22,23). The van der Waals surface area contributed by atoms with E-state index < -0.39 is 0 Å². The van der Waals surface area contributed by atoms with Crippen LogP contribution in [-0.4, -0.2) is 23.1 Å². The number of fused-ring (bicyclic) bond motifs is 1. The second kappa shape index (κ2) is 7.32. The van der Waals surface area contributed by atoms with Crippen LogP contribution in [0, 0.1) is 0 Å². The van der Waals surface area contributed by atoms with Crippen molar-refractivity contribution in [1.29, 1.82) is 0 Å². The lowest BCUT2D eigenvalue weighted by Crippen LogP contribution is -2.11. The van der Waals surface area contributed by atoms with Crippen LogP contribution in [0.3, 0.4) is 0 Å². The molecule has 1 N–H and O–H groups in total. The van der Waals surface area contributed by atoms with E-state index in [1.807, 2.05) is 54.9 Å². The highest BCUT2D eigenvalue weighted by Gasteiger charge is 2.05. The Hall–Kier alpha value is -2.92. The maximum atomic E-state index is 5.69. The zero-order chi connectivity index (χ0) is 16.9. The largest absolute Gasteiger partial charge is 0.492 e. The molecule has 25 heavy (non-hydrogen) atoms. The van der Waals surface area contributed by atoms with Gasteiger partial charge in [-0.05, 0) is 47.5 Å². The minimum atomic E-state index is 0.599. The molecule has 0 aliphatic rings. The smallest absolute Gasteiger partial charge is 0.183 e. The molecule has 0 atom stereocenters. The van der Waals surface area contributed by atoms with E-state index in [2.05, 4.69) is 33.5 Å². The van der Waals surface area contributed by atoms with Crippen molar-refractivity contribution in [3.05, 3.63) is 73.1 Å². The number of hydrogen-bond donors (Lipinski definition) is 1. The van der Waals surface area contributed by atoms with Crippen LogP contribution in [0.25, 0.3) is 21.3 Å². The summed E-state index contributed by atoms with van der Waals surface area (Å²) >= 11 is 1.66. The monoisotopic (exact) mass is 347 g/mol. The highest BCUT2D eigenvalue weighted by atomic mass is 32.1. The molecule has 0 aliphatic heterocycles. The van der Waals surface area contributed by atoms with Crippen LogP contribution in [0.15, 0.2) is 73.1 Å². The van der Waals surface area contributed by atoms with Crippen molar-refractivity contribution in [2.24, 2.45) is 0 Å². The van der Waals surface area contributed by atoms with E-state index in [0.717, 1.165) is 22.0 Å². The molecule has 0 saturated heterocycles. The average molecular weight is 347 g/mol. The molecule has 0 amide bonds. The summed E-state index contributed by atoms with van der Waals surface area (Å²) in [6.07, 6.45) is 3.62. The number of aromatic nitrogens is 2. The molecule has 4 aromatic rings. The molecule has 0 bridgehead atoms. The highest BCUT2D eigenvalue weighted by molar-refractivity contribution is 7.22. The Morgan fingerprint density at radius 3 is 2.60 bits per heavy atom. The van der Waals surface area contributed by atoms with Crippen LogP contribution >= 0.6 is 11.3 Å². The van der Waals surface area contributed by atoms with E-state index in [4.69, 9.17) is 4.74 Å². The van der Waals surface area contributed by atoms with Crippen LogP contribution in [0.2, 0.25) is 0 Å². The van der Waals surface area contributed by atoms with Crippen LogP contribution in [0.5, 0.6) is 5.75 Å². The fraction of sp³-hybridized carbons (Fsp3) is 0.100. The Morgan fingerprint density at radius 1 is 0.920 bits per heavy atom. The average Bonchev–Trinajstić information content (AvgIpc) is 3.09. The second-order valence-corrected chi connectivity index (χ2v) is 6.56. The van der Waals surface area contributed by atoms with E-state index in [-0.39, 0.29) is 0 Å². The summed E-state index contributed by atoms with van der Waals surface area (Å²) in [6.45, 7) is 1.31. The second-order valence-electron chi connectivity index (χ2n) is 5.53. The van der Waals surface area contributed by atoms with Gasteiger partial charge in [-0.15, -0.1) is 0 Å². The Kier molecular flexibility index (Phi) is 4.57. The molecule has 0 fully saturated rings. The van der Waals surface area contributed by atoms with Crippen molar-refractivity contribution in [3.63, 3.8) is 0 Å². The maximum Gasteiger partial charge on any atom is 0.183 e. The fourth-order valence-corrected chi connectivity index (χ4v) is 3.50. The van der Waals surface area contributed by atoms with Gasteiger partial charge in [0.2, 0.25) is 0 Å². The molecule has 0 unspecified atom stereocenters. The van der Waals surface area contributed by atoms with E-state index in [1.165, 1.54) is 10.3 Å². The summed E-state index contributed by atoms with van der Waals surface area (Å²) in [4.78, 5) is 8.70. The van der Waals surface area contributed by atoms with E-state index in [9.17, 15) is 0 Å². The highest BCUT2D eigenvalue weighted by Crippen LogP contribution is 2.30. The summed E-state index contributed by atoms with van der Waals surface area (Å²) < 4.78 is 6.85. The van der Waals surface area contributed by atoms with Gasteiger partial charge in [-0.25, -0.2) is 4.98 Å². The number of nitrogens with zero attached hydrogens (tertiary/aromatic N) is 2. The normalized spacial score (nSPS) is 10.7. The van der Waals surface area contributed by atoms with Crippen LogP contribution in [-0.2, 0) is 0 Å². The first-order chi connectivity index (χ1) is 12.4. The lowest BCUT2D eigenvalue weighted by molar-refractivity contribution is 0.333. The number of hydrogen-bond acceptors (Lipinski definition) is 5. The Bertz CT molecular complexity index is 955. The molecule has 2 aromatic carbocycles. The SMILES string of the molecule is c1ccc(OCCNc2nc3ccc(-c4ccncc4)cc3s2)cc1. The van der Waals surface area contributed by atoms with Gasteiger partial charge < -0.3 is 10.1 Å². The van der Waals surface area contributed by atoms with Crippen molar-refractivity contribution in [2.75, 3.05) is 18.5 Å². The van der Waals surface area contributed by atoms with Crippen molar-refractivity contribution < 1.29 is 4.74 Å². The molecule has 2 heterocycles. The van der Waals surface area contributed by atoms with Gasteiger partial charge in [-0.1, -0.05) is 35.6 Å². The Morgan fingerprint density at radius 2 is 1.76 bits per heavy atom. The van der Waals surface area contributed by atoms with E-state index in [1.54, 1.807) is 11.3 Å². The number of benzene rings is 2. The number of thiazole rings is 1. The molecule has 0 saturated carbocycles. The third kappa shape index (κ3) is 3.78. The van der Waals surface area contributed by atoms with Gasteiger partial charge in [0.05, 0.1) is 16.8 Å². The summed E-state index contributed by atoms with van der Waals surface area (Å²) in [7, 11) is 0. The molecule has 2 aromatic heterocycles. The van der Waals surface area contributed by atoms with Gasteiger partial charge in [0.15, 0.2) is 5.13 Å². The molecular formula is C20H17N3OS. The van der Waals surface area contributed by atoms with Gasteiger partial charge in [-0.2, -0.15) is 0 Å². The molecule has 4 rings (SSSR count). The third-order valence-corrected chi connectivity index (χ3v) is 4.77. The zero-order valence-electron chi connectivity index (χ0n) is 13.6. The van der Waals surface area contributed by atoms with Crippen molar-refractivity contribution in [3.8, 4) is 16.9 Å². The van der Waals surface area contributed by atoms with Gasteiger partial charge >= 0.3 is 0 Å². The topological polar surface area (TPSA) is 47.0 Å². The molecular weight excluding hydrogens is 330 g/mol.